The normalized spacial score (nSPS) is 31.9. The van der Waals surface area contributed by atoms with E-state index in [0.29, 0.717) is 11.6 Å². The summed E-state index contributed by atoms with van der Waals surface area (Å²) in [6.07, 6.45) is 15.7. The second kappa shape index (κ2) is 7.97. The third-order valence-corrected chi connectivity index (χ3v) is 6.69. The number of nitrogens with zero attached hydrogens (tertiary/aromatic N) is 1. The summed E-state index contributed by atoms with van der Waals surface area (Å²) in [7, 11) is 6.87. The molecule has 0 amide bonds. The van der Waals surface area contributed by atoms with Crippen molar-refractivity contribution in [3.8, 4) is 0 Å². The van der Waals surface area contributed by atoms with Gasteiger partial charge in [-0.15, -0.1) is 0 Å². The van der Waals surface area contributed by atoms with Crippen LogP contribution in [-0.2, 0) is 0 Å². The first-order chi connectivity index (χ1) is 10.1. The zero-order valence-corrected chi connectivity index (χ0v) is 15.0. The summed E-state index contributed by atoms with van der Waals surface area (Å²) in [4.78, 5) is 2.57. The molecular formula is C19H38N2. The highest BCUT2D eigenvalue weighted by Crippen LogP contribution is 2.41. The summed E-state index contributed by atoms with van der Waals surface area (Å²) >= 11 is 0. The Hall–Kier alpha value is -0.0800. The van der Waals surface area contributed by atoms with Gasteiger partial charge in [0.25, 0.3) is 0 Å². The van der Waals surface area contributed by atoms with Crippen molar-refractivity contribution in [2.75, 3.05) is 21.1 Å². The molecule has 2 rings (SSSR count). The van der Waals surface area contributed by atoms with Crippen molar-refractivity contribution in [3.63, 3.8) is 0 Å². The van der Waals surface area contributed by atoms with E-state index >= 15 is 0 Å². The molecule has 0 saturated heterocycles. The molecular weight excluding hydrogens is 256 g/mol. The van der Waals surface area contributed by atoms with E-state index in [1.165, 1.54) is 70.6 Å². The molecule has 0 aromatic heterocycles. The number of hydrogen-bond acceptors (Lipinski definition) is 2. The van der Waals surface area contributed by atoms with Gasteiger partial charge in [0.15, 0.2) is 0 Å². The molecule has 1 unspecified atom stereocenters. The van der Waals surface area contributed by atoms with Gasteiger partial charge >= 0.3 is 0 Å². The predicted octanol–water partition coefficient (Wildman–Crippen LogP) is 4.45. The van der Waals surface area contributed by atoms with Crippen LogP contribution in [0.5, 0.6) is 0 Å². The molecule has 2 saturated carbocycles. The Morgan fingerprint density at radius 2 is 1.57 bits per heavy atom. The Labute approximate surface area is 133 Å². The average Bonchev–Trinajstić information content (AvgIpc) is 2.76. The van der Waals surface area contributed by atoms with Gasteiger partial charge in [-0.2, -0.15) is 0 Å². The summed E-state index contributed by atoms with van der Waals surface area (Å²) in [5, 5.41) is 3.78. The van der Waals surface area contributed by atoms with E-state index in [1.54, 1.807) is 0 Å². The third-order valence-electron chi connectivity index (χ3n) is 6.69. The standard InChI is InChI=1S/C19H38N2/c1-5-16-10-12-17(13-11-16)18(20-2)19(21(3)4)14-8-6-7-9-15-19/h16-18,20H,5-15H2,1-4H3. The average molecular weight is 295 g/mol. The fourth-order valence-corrected chi connectivity index (χ4v) is 5.25. The predicted molar refractivity (Wildman–Crippen MR) is 92.7 cm³/mol. The van der Waals surface area contributed by atoms with E-state index in [0.717, 1.165) is 11.8 Å². The summed E-state index contributed by atoms with van der Waals surface area (Å²) < 4.78 is 0. The summed E-state index contributed by atoms with van der Waals surface area (Å²) in [6.45, 7) is 2.37. The molecule has 0 aromatic carbocycles. The lowest BCUT2D eigenvalue weighted by atomic mass is 9.69. The minimum atomic E-state index is 0.398. The lowest BCUT2D eigenvalue weighted by Crippen LogP contribution is -2.61. The Bertz CT molecular complexity index is 284. The van der Waals surface area contributed by atoms with Crippen LogP contribution in [0.2, 0.25) is 0 Å². The molecule has 124 valence electrons. The summed E-state index contributed by atoms with van der Waals surface area (Å²) in [6, 6.07) is 0.684. The molecule has 2 heteroatoms. The third kappa shape index (κ3) is 3.82. The molecule has 1 atom stereocenters. The van der Waals surface area contributed by atoms with Gasteiger partial charge in [0, 0.05) is 11.6 Å². The van der Waals surface area contributed by atoms with Gasteiger partial charge in [-0.1, -0.05) is 51.9 Å². The van der Waals surface area contributed by atoms with Gasteiger partial charge in [0.2, 0.25) is 0 Å². The Balaban J connectivity index is 2.12. The number of nitrogens with one attached hydrogen (secondary N) is 1. The van der Waals surface area contributed by atoms with Crippen LogP contribution in [0, 0.1) is 11.8 Å². The van der Waals surface area contributed by atoms with Crippen LogP contribution in [0.3, 0.4) is 0 Å². The molecule has 2 aliphatic rings. The van der Waals surface area contributed by atoms with Crippen LogP contribution in [-0.4, -0.2) is 37.6 Å². The van der Waals surface area contributed by atoms with E-state index in [1.807, 2.05) is 0 Å². The summed E-state index contributed by atoms with van der Waals surface area (Å²) in [5.74, 6) is 1.89. The van der Waals surface area contributed by atoms with E-state index in [9.17, 15) is 0 Å². The van der Waals surface area contributed by atoms with Gasteiger partial charge in [0.05, 0.1) is 0 Å². The van der Waals surface area contributed by atoms with Gasteiger partial charge < -0.3 is 10.2 Å². The van der Waals surface area contributed by atoms with Gasteiger partial charge in [0.1, 0.15) is 0 Å². The topological polar surface area (TPSA) is 15.3 Å². The van der Waals surface area contributed by atoms with Crippen molar-refractivity contribution in [1.82, 2.24) is 10.2 Å². The zero-order chi connectivity index (χ0) is 15.3. The minimum absolute atomic E-state index is 0.398. The van der Waals surface area contributed by atoms with E-state index < -0.39 is 0 Å². The van der Waals surface area contributed by atoms with Crippen molar-refractivity contribution in [2.24, 2.45) is 11.8 Å². The van der Waals surface area contributed by atoms with Crippen molar-refractivity contribution in [2.45, 2.75) is 89.1 Å². The largest absolute Gasteiger partial charge is 0.315 e. The molecule has 0 aliphatic heterocycles. The monoisotopic (exact) mass is 294 g/mol. The number of rotatable bonds is 5. The number of hydrogen-bond donors (Lipinski definition) is 1. The van der Waals surface area contributed by atoms with Gasteiger partial charge in [-0.3, -0.25) is 0 Å². The lowest BCUT2D eigenvalue weighted by Gasteiger charge is -2.50. The fourth-order valence-electron chi connectivity index (χ4n) is 5.25. The molecule has 2 fully saturated rings. The lowest BCUT2D eigenvalue weighted by molar-refractivity contribution is 0.0407. The second-order valence-corrected chi connectivity index (χ2v) is 7.87. The highest BCUT2D eigenvalue weighted by atomic mass is 15.2. The Morgan fingerprint density at radius 1 is 1.00 bits per heavy atom. The smallest absolute Gasteiger partial charge is 0.0359 e. The highest BCUT2D eigenvalue weighted by molar-refractivity contribution is 5.02. The van der Waals surface area contributed by atoms with Crippen molar-refractivity contribution < 1.29 is 0 Å². The van der Waals surface area contributed by atoms with Crippen LogP contribution in [0.25, 0.3) is 0 Å². The van der Waals surface area contributed by atoms with E-state index in [-0.39, 0.29) is 0 Å². The van der Waals surface area contributed by atoms with Crippen LogP contribution in [0.4, 0.5) is 0 Å². The fraction of sp³-hybridized carbons (Fsp3) is 1.00. The molecule has 0 bridgehead atoms. The molecule has 0 aromatic rings. The molecule has 0 radical (unpaired) electrons. The van der Waals surface area contributed by atoms with Gasteiger partial charge in [-0.05, 0) is 58.7 Å². The first-order valence-corrected chi connectivity index (χ1v) is 9.48. The van der Waals surface area contributed by atoms with Crippen LogP contribution >= 0.6 is 0 Å². The molecule has 0 heterocycles. The second-order valence-electron chi connectivity index (χ2n) is 7.87. The molecule has 2 nitrogen and oxygen atoms in total. The maximum Gasteiger partial charge on any atom is 0.0359 e. The maximum atomic E-state index is 3.78. The van der Waals surface area contributed by atoms with Crippen molar-refractivity contribution in [1.29, 1.82) is 0 Å². The molecule has 1 N–H and O–H groups in total. The zero-order valence-electron chi connectivity index (χ0n) is 15.0. The Kier molecular flexibility index (Phi) is 6.55. The van der Waals surface area contributed by atoms with Crippen LogP contribution < -0.4 is 5.32 Å². The van der Waals surface area contributed by atoms with Crippen molar-refractivity contribution in [3.05, 3.63) is 0 Å². The summed E-state index contributed by atoms with van der Waals surface area (Å²) in [5.41, 5.74) is 0.398. The maximum absolute atomic E-state index is 3.78. The quantitative estimate of drug-likeness (QED) is 0.754. The van der Waals surface area contributed by atoms with Gasteiger partial charge in [-0.25, -0.2) is 0 Å². The first kappa shape index (κ1) is 17.3. The number of likely N-dealkylation sites (N-methyl/N-ethyl adjacent to an activating group) is 2. The van der Waals surface area contributed by atoms with E-state index in [4.69, 9.17) is 0 Å². The minimum Gasteiger partial charge on any atom is -0.315 e. The van der Waals surface area contributed by atoms with Crippen molar-refractivity contribution >= 4 is 0 Å². The van der Waals surface area contributed by atoms with E-state index in [2.05, 4.69) is 38.3 Å². The molecule has 2 aliphatic carbocycles. The molecule has 21 heavy (non-hydrogen) atoms. The highest BCUT2D eigenvalue weighted by Gasteiger charge is 2.44. The first-order valence-electron chi connectivity index (χ1n) is 9.48. The SMILES string of the molecule is CCC1CCC(C(NC)C2(N(C)C)CCCCCC2)CC1. The van der Waals surface area contributed by atoms with Crippen LogP contribution in [0.15, 0.2) is 0 Å². The van der Waals surface area contributed by atoms with Crippen LogP contribution in [0.1, 0.15) is 77.6 Å². The molecule has 0 spiro atoms. The Morgan fingerprint density at radius 3 is 2.00 bits per heavy atom.